The SMILES string of the molecule is COc1ccc(-c2ccc3c(c2)CC(CNC(=O)[C@@H]2C[C@@H]4C=C[C@H]2C4)O3)nn1. The molecule has 0 saturated heterocycles. The van der Waals surface area contributed by atoms with Crippen molar-refractivity contribution in [2.75, 3.05) is 13.7 Å². The van der Waals surface area contributed by atoms with Gasteiger partial charge in [-0.05, 0) is 54.5 Å². The largest absolute Gasteiger partial charge is 0.488 e. The zero-order valence-corrected chi connectivity index (χ0v) is 15.8. The van der Waals surface area contributed by atoms with E-state index >= 15 is 0 Å². The summed E-state index contributed by atoms with van der Waals surface area (Å²) < 4.78 is 11.1. The van der Waals surface area contributed by atoms with Crippen molar-refractivity contribution in [1.29, 1.82) is 0 Å². The maximum Gasteiger partial charge on any atom is 0.233 e. The molecule has 144 valence electrons. The number of ether oxygens (including phenoxy) is 2. The standard InChI is InChI=1S/C22H23N3O3/c1-27-21-7-5-19(24-25-21)15-4-6-20-16(10-15)11-17(28-20)12-23-22(26)18-9-13-2-3-14(18)8-13/h2-7,10,13-14,17-18H,8-9,11-12H2,1H3,(H,23,26)/t13-,14+,17?,18-/m1/s1. The van der Waals surface area contributed by atoms with Gasteiger partial charge in [-0.15, -0.1) is 10.2 Å². The number of carbonyl (C=O) groups excluding carboxylic acids is 1. The topological polar surface area (TPSA) is 73.3 Å². The molecule has 1 aromatic carbocycles. The predicted molar refractivity (Wildman–Crippen MR) is 104 cm³/mol. The number of benzene rings is 1. The third kappa shape index (κ3) is 3.13. The number of methoxy groups -OCH3 is 1. The Bertz CT molecular complexity index is 925. The van der Waals surface area contributed by atoms with Crippen LogP contribution in [0.2, 0.25) is 0 Å². The Morgan fingerprint density at radius 1 is 1.21 bits per heavy atom. The summed E-state index contributed by atoms with van der Waals surface area (Å²) in [4.78, 5) is 12.5. The van der Waals surface area contributed by atoms with Gasteiger partial charge in [-0.3, -0.25) is 4.79 Å². The second kappa shape index (κ2) is 6.93. The minimum absolute atomic E-state index is 0.0229. The summed E-state index contributed by atoms with van der Waals surface area (Å²) in [5, 5.41) is 11.3. The molecule has 2 aromatic rings. The highest BCUT2D eigenvalue weighted by Crippen LogP contribution is 2.43. The lowest BCUT2D eigenvalue weighted by molar-refractivity contribution is -0.126. The summed E-state index contributed by atoms with van der Waals surface area (Å²) in [6, 6.07) is 9.74. The van der Waals surface area contributed by atoms with Crippen molar-refractivity contribution in [3.63, 3.8) is 0 Å². The molecule has 1 saturated carbocycles. The highest BCUT2D eigenvalue weighted by Gasteiger charge is 2.40. The van der Waals surface area contributed by atoms with Gasteiger partial charge in [0.2, 0.25) is 11.8 Å². The zero-order valence-electron chi connectivity index (χ0n) is 15.8. The van der Waals surface area contributed by atoms with Crippen LogP contribution in [0.1, 0.15) is 18.4 Å². The molecule has 6 heteroatoms. The van der Waals surface area contributed by atoms with Crippen LogP contribution in [0.5, 0.6) is 11.6 Å². The van der Waals surface area contributed by atoms with E-state index in [1.807, 2.05) is 18.2 Å². The van der Waals surface area contributed by atoms with Gasteiger partial charge in [-0.1, -0.05) is 12.2 Å². The van der Waals surface area contributed by atoms with Crippen molar-refractivity contribution in [2.24, 2.45) is 17.8 Å². The summed E-state index contributed by atoms with van der Waals surface area (Å²) >= 11 is 0. The molecule has 5 rings (SSSR count). The first kappa shape index (κ1) is 17.2. The molecule has 1 N–H and O–H groups in total. The van der Waals surface area contributed by atoms with Crippen LogP contribution in [0.15, 0.2) is 42.5 Å². The molecule has 1 aromatic heterocycles. The average molecular weight is 377 g/mol. The minimum atomic E-state index is -0.0229. The molecule has 2 heterocycles. The Hall–Kier alpha value is -2.89. The van der Waals surface area contributed by atoms with E-state index in [4.69, 9.17) is 9.47 Å². The molecule has 1 amide bonds. The zero-order chi connectivity index (χ0) is 19.1. The molecular formula is C22H23N3O3. The number of hydrogen-bond donors (Lipinski definition) is 1. The second-order valence-electron chi connectivity index (χ2n) is 7.86. The predicted octanol–water partition coefficient (Wildman–Crippen LogP) is 2.78. The highest BCUT2D eigenvalue weighted by atomic mass is 16.5. The second-order valence-corrected chi connectivity index (χ2v) is 7.86. The van der Waals surface area contributed by atoms with Gasteiger partial charge in [0, 0.05) is 24.0 Å². The van der Waals surface area contributed by atoms with Crippen molar-refractivity contribution in [3.05, 3.63) is 48.0 Å². The van der Waals surface area contributed by atoms with Gasteiger partial charge < -0.3 is 14.8 Å². The number of amides is 1. The molecule has 6 nitrogen and oxygen atoms in total. The summed E-state index contributed by atoms with van der Waals surface area (Å²) in [5.74, 6) is 2.72. The van der Waals surface area contributed by atoms with Crippen LogP contribution in [-0.2, 0) is 11.2 Å². The molecule has 3 aliphatic rings. The van der Waals surface area contributed by atoms with E-state index in [0.29, 0.717) is 24.3 Å². The van der Waals surface area contributed by atoms with Gasteiger partial charge in [0.15, 0.2) is 0 Å². The molecule has 1 unspecified atom stereocenters. The van der Waals surface area contributed by atoms with Crippen LogP contribution >= 0.6 is 0 Å². The lowest BCUT2D eigenvalue weighted by Crippen LogP contribution is -2.39. The first-order chi connectivity index (χ1) is 13.7. The van der Waals surface area contributed by atoms with Crippen molar-refractivity contribution < 1.29 is 14.3 Å². The number of nitrogens with zero attached hydrogens (tertiary/aromatic N) is 2. The first-order valence-corrected chi connectivity index (χ1v) is 9.83. The van der Waals surface area contributed by atoms with Gasteiger partial charge >= 0.3 is 0 Å². The van der Waals surface area contributed by atoms with Crippen molar-refractivity contribution >= 4 is 5.91 Å². The Labute approximate surface area is 164 Å². The fourth-order valence-corrected chi connectivity index (χ4v) is 4.60. The number of carbonyl (C=O) groups is 1. The smallest absolute Gasteiger partial charge is 0.233 e. The lowest BCUT2D eigenvalue weighted by Gasteiger charge is -2.19. The van der Waals surface area contributed by atoms with Crippen LogP contribution in [0.3, 0.4) is 0 Å². The quantitative estimate of drug-likeness (QED) is 0.811. The van der Waals surface area contributed by atoms with Crippen LogP contribution in [-0.4, -0.2) is 35.9 Å². The Kier molecular flexibility index (Phi) is 4.26. The molecule has 4 atom stereocenters. The van der Waals surface area contributed by atoms with E-state index in [1.54, 1.807) is 13.2 Å². The molecule has 0 radical (unpaired) electrons. The summed E-state index contributed by atoms with van der Waals surface area (Å²) in [5.41, 5.74) is 2.93. The molecule has 2 aliphatic carbocycles. The van der Waals surface area contributed by atoms with E-state index in [1.165, 1.54) is 0 Å². The molecular weight excluding hydrogens is 354 g/mol. The fraction of sp³-hybridized carbons (Fsp3) is 0.409. The van der Waals surface area contributed by atoms with Crippen molar-refractivity contribution in [1.82, 2.24) is 15.5 Å². The third-order valence-corrected chi connectivity index (χ3v) is 6.07. The van der Waals surface area contributed by atoms with Crippen LogP contribution in [0.25, 0.3) is 11.3 Å². The average Bonchev–Trinajstić information content (AvgIpc) is 3.46. The Balaban J connectivity index is 1.21. The van der Waals surface area contributed by atoms with Gasteiger partial charge in [0.25, 0.3) is 0 Å². The number of hydrogen-bond acceptors (Lipinski definition) is 5. The van der Waals surface area contributed by atoms with E-state index < -0.39 is 0 Å². The minimum Gasteiger partial charge on any atom is -0.488 e. The first-order valence-electron chi connectivity index (χ1n) is 9.83. The van der Waals surface area contributed by atoms with E-state index in [-0.39, 0.29) is 17.9 Å². The maximum absolute atomic E-state index is 12.5. The maximum atomic E-state index is 12.5. The summed E-state index contributed by atoms with van der Waals surface area (Å²) in [6.45, 7) is 0.544. The van der Waals surface area contributed by atoms with Crippen LogP contribution in [0.4, 0.5) is 0 Å². The van der Waals surface area contributed by atoms with Gasteiger partial charge in [-0.2, -0.15) is 0 Å². The molecule has 28 heavy (non-hydrogen) atoms. The third-order valence-electron chi connectivity index (χ3n) is 6.07. The normalized spacial score (nSPS) is 26.8. The Morgan fingerprint density at radius 3 is 2.86 bits per heavy atom. The number of fused-ring (bicyclic) bond motifs is 3. The van der Waals surface area contributed by atoms with Crippen LogP contribution in [0, 0.1) is 17.8 Å². The monoisotopic (exact) mass is 377 g/mol. The molecule has 0 spiro atoms. The van der Waals surface area contributed by atoms with Crippen LogP contribution < -0.4 is 14.8 Å². The van der Waals surface area contributed by atoms with E-state index in [0.717, 1.165) is 41.8 Å². The van der Waals surface area contributed by atoms with Gasteiger partial charge in [0.1, 0.15) is 11.9 Å². The van der Waals surface area contributed by atoms with E-state index in [9.17, 15) is 4.79 Å². The molecule has 1 fully saturated rings. The van der Waals surface area contributed by atoms with Crippen molar-refractivity contribution in [2.45, 2.75) is 25.4 Å². The van der Waals surface area contributed by atoms with Gasteiger partial charge in [-0.25, -0.2) is 0 Å². The molecule has 1 aliphatic heterocycles. The fourth-order valence-electron chi connectivity index (χ4n) is 4.60. The van der Waals surface area contributed by atoms with Crippen molar-refractivity contribution in [3.8, 4) is 22.9 Å². The number of rotatable bonds is 5. The highest BCUT2D eigenvalue weighted by molar-refractivity contribution is 5.80. The number of nitrogens with one attached hydrogen (secondary N) is 1. The Morgan fingerprint density at radius 2 is 2.14 bits per heavy atom. The summed E-state index contributed by atoms with van der Waals surface area (Å²) in [6.07, 6.45) is 7.36. The van der Waals surface area contributed by atoms with Gasteiger partial charge in [0.05, 0.1) is 19.3 Å². The van der Waals surface area contributed by atoms with E-state index in [2.05, 4.69) is 33.7 Å². The number of aromatic nitrogens is 2. The summed E-state index contributed by atoms with van der Waals surface area (Å²) in [7, 11) is 1.57. The lowest BCUT2D eigenvalue weighted by atomic mass is 9.93. The molecule has 2 bridgehead atoms. The number of allylic oxidation sites excluding steroid dienone is 2.